The molecule has 5 heteroatoms. The van der Waals surface area contributed by atoms with Gasteiger partial charge in [0.1, 0.15) is 5.16 Å². The van der Waals surface area contributed by atoms with Crippen molar-refractivity contribution in [1.82, 2.24) is 9.55 Å². The summed E-state index contributed by atoms with van der Waals surface area (Å²) in [7, 11) is 0. The fourth-order valence-electron chi connectivity index (χ4n) is 2.14. The molecule has 0 aliphatic heterocycles. The first-order chi connectivity index (χ1) is 10.6. The van der Waals surface area contributed by atoms with E-state index in [0.29, 0.717) is 15.2 Å². The number of hydrogen-bond acceptors (Lipinski definition) is 1. The van der Waals surface area contributed by atoms with Gasteiger partial charge in [-0.1, -0.05) is 59.1 Å². The monoisotopic (exact) mass is 348 g/mol. The summed E-state index contributed by atoms with van der Waals surface area (Å²) < 4.78 is 1.76. The van der Waals surface area contributed by atoms with Gasteiger partial charge in [0.05, 0.1) is 6.33 Å². The van der Waals surface area contributed by atoms with Gasteiger partial charge in [-0.05, 0) is 35.4 Å². The van der Waals surface area contributed by atoms with E-state index in [1.54, 1.807) is 23.3 Å². The van der Waals surface area contributed by atoms with Crippen LogP contribution in [0.15, 0.2) is 67.3 Å². The minimum absolute atomic E-state index is 0.558. The summed E-state index contributed by atoms with van der Waals surface area (Å²) in [5.74, 6) is 0. The Kier molecular flexibility index (Phi) is 4.53. The Hall–Kier alpha value is -1.74. The molecule has 0 amide bonds. The second-order valence-corrected chi connectivity index (χ2v) is 5.88. The zero-order chi connectivity index (χ0) is 15.5. The van der Waals surface area contributed by atoms with Gasteiger partial charge in [0, 0.05) is 28.0 Å². The zero-order valence-corrected chi connectivity index (χ0v) is 13.6. The van der Waals surface area contributed by atoms with Crippen LogP contribution in [0.1, 0.15) is 11.1 Å². The largest absolute Gasteiger partial charge is 0.296 e. The predicted octanol–water partition coefficient (Wildman–Crippen LogP) is 5.80. The van der Waals surface area contributed by atoms with E-state index in [1.165, 1.54) is 0 Å². The summed E-state index contributed by atoms with van der Waals surface area (Å²) in [6.07, 6.45) is 5.14. The van der Waals surface area contributed by atoms with E-state index in [1.807, 2.05) is 48.5 Å². The highest BCUT2D eigenvalue weighted by atomic mass is 35.5. The van der Waals surface area contributed by atoms with E-state index in [2.05, 4.69) is 4.98 Å². The third kappa shape index (κ3) is 3.20. The Bertz CT molecular complexity index is 741. The molecule has 0 fully saturated rings. The average Bonchev–Trinajstić information content (AvgIpc) is 3.05. The second kappa shape index (κ2) is 6.57. The predicted molar refractivity (Wildman–Crippen MR) is 93.2 cm³/mol. The lowest BCUT2D eigenvalue weighted by Gasteiger charge is -2.13. The quantitative estimate of drug-likeness (QED) is 0.584. The summed E-state index contributed by atoms with van der Waals surface area (Å²) >= 11 is 18.6. The number of nitrogens with zero attached hydrogens (tertiary/aromatic N) is 2. The summed E-state index contributed by atoms with van der Waals surface area (Å²) in [6.45, 7) is 0. The van der Waals surface area contributed by atoms with E-state index < -0.39 is 0 Å². The van der Waals surface area contributed by atoms with Gasteiger partial charge in [-0.3, -0.25) is 4.57 Å². The molecule has 1 aromatic heterocycles. The molecule has 0 saturated heterocycles. The summed E-state index contributed by atoms with van der Waals surface area (Å²) in [6, 6.07) is 15.1. The highest BCUT2D eigenvalue weighted by Crippen LogP contribution is 2.32. The topological polar surface area (TPSA) is 17.8 Å². The van der Waals surface area contributed by atoms with Gasteiger partial charge in [0.2, 0.25) is 0 Å². The molecule has 0 spiro atoms. The van der Waals surface area contributed by atoms with Crippen LogP contribution in [0.5, 0.6) is 0 Å². The molecule has 0 bridgehead atoms. The van der Waals surface area contributed by atoms with E-state index in [-0.39, 0.29) is 0 Å². The fraction of sp³-hybridized carbons (Fsp3) is 0. The van der Waals surface area contributed by atoms with Crippen LogP contribution in [-0.4, -0.2) is 9.55 Å². The first-order valence-corrected chi connectivity index (χ1v) is 7.68. The highest BCUT2D eigenvalue weighted by Gasteiger charge is 2.12. The van der Waals surface area contributed by atoms with Crippen LogP contribution in [0.2, 0.25) is 10.0 Å². The first-order valence-electron chi connectivity index (χ1n) is 6.55. The van der Waals surface area contributed by atoms with Crippen LogP contribution < -0.4 is 0 Å². The van der Waals surface area contributed by atoms with Crippen molar-refractivity contribution in [3.63, 3.8) is 0 Å². The molecule has 0 radical (unpaired) electrons. The number of benzene rings is 2. The highest BCUT2D eigenvalue weighted by molar-refractivity contribution is 6.49. The SMILES string of the molecule is ClC(=C(c1ccc(Cl)cc1)c1ccc(Cl)cc1)n1ccnc1. The van der Waals surface area contributed by atoms with Crippen LogP contribution in [0, 0.1) is 0 Å². The molecule has 3 rings (SSSR count). The van der Waals surface area contributed by atoms with Crippen molar-refractivity contribution < 1.29 is 0 Å². The van der Waals surface area contributed by atoms with Gasteiger partial charge >= 0.3 is 0 Å². The summed E-state index contributed by atoms with van der Waals surface area (Å²) in [5.41, 5.74) is 2.81. The number of hydrogen-bond donors (Lipinski definition) is 0. The molecular formula is C17H11Cl3N2. The average molecular weight is 350 g/mol. The Morgan fingerprint density at radius 2 is 1.32 bits per heavy atom. The molecular weight excluding hydrogens is 339 g/mol. The minimum atomic E-state index is 0.558. The van der Waals surface area contributed by atoms with E-state index in [9.17, 15) is 0 Å². The zero-order valence-electron chi connectivity index (χ0n) is 11.4. The van der Waals surface area contributed by atoms with Crippen LogP contribution in [0.3, 0.4) is 0 Å². The van der Waals surface area contributed by atoms with Crippen LogP contribution in [0.4, 0.5) is 0 Å². The van der Waals surface area contributed by atoms with Gasteiger partial charge in [-0.2, -0.15) is 0 Å². The van der Waals surface area contributed by atoms with Gasteiger partial charge in [0.15, 0.2) is 0 Å². The molecule has 3 aromatic rings. The van der Waals surface area contributed by atoms with Gasteiger partial charge < -0.3 is 0 Å². The molecule has 0 aliphatic carbocycles. The van der Waals surface area contributed by atoms with E-state index in [0.717, 1.165) is 16.7 Å². The smallest absolute Gasteiger partial charge is 0.122 e. The lowest BCUT2D eigenvalue weighted by atomic mass is 9.99. The van der Waals surface area contributed by atoms with Gasteiger partial charge in [-0.15, -0.1) is 0 Å². The van der Waals surface area contributed by atoms with E-state index in [4.69, 9.17) is 34.8 Å². The van der Waals surface area contributed by atoms with Crippen molar-refractivity contribution >= 4 is 45.5 Å². The molecule has 0 N–H and O–H groups in total. The Labute approximate surface area is 143 Å². The maximum Gasteiger partial charge on any atom is 0.122 e. The lowest BCUT2D eigenvalue weighted by molar-refractivity contribution is 1.12. The van der Waals surface area contributed by atoms with Crippen LogP contribution in [0.25, 0.3) is 10.7 Å². The van der Waals surface area contributed by atoms with Crippen molar-refractivity contribution in [2.24, 2.45) is 0 Å². The third-order valence-corrected chi connectivity index (χ3v) is 4.09. The first kappa shape index (κ1) is 15.2. The van der Waals surface area contributed by atoms with Crippen molar-refractivity contribution in [2.45, 2.75) is 0 Å². The summed E-state index contributed by atoms with van der Waals surface area (Å²) in [5, 5.41) is 1.91. The number of aromatic nitrogens is 2. The Balaban J connectivity index is 2.20. The maximum atomic E-state index is 6.60. The standard InChI is InChI=1S/C17H11Cl3N2/c18-14-5-1-12(2-6-14)16(13-3-7-15(19)8-4-13)17(20)22-10-9-21-11-22/h1-11H. The number of halogens is 3. The maximum absolute atomic E-state index is 6.60. The van der Waals surface area contributed by atoms with Crippen molar-refractivity contribution in [1.29, 1.82) is 0 Å². The van der Waals surface area contributed by atoms with Crippen molar-refractivity contribution in [3.05, 3.63) is 88.4 Å². The van der Waals surface area contributed by atoms with E-state index >= 15 is 0 Å². The molecule has 0 aliphatic rings. The molecule has 22 heavy (non-hydrogen) atoms. The number of rotatable bonds is 3. The Morgan fingerprint density at radius 3 is 1.73 bits per heavy atom. The second-order valence-electron chi connectivity index (χ2n) is 4.65. The molecule has 0 atom stereocenters. The molecule has 1 heterocycles. The minimum Gasteiger partial charge on any atom is -0.296 e. The molecule has 2 nitrogen and oxygen atoms in total. The third-order valence-electron chi connectivity index (χ3n) is 3.20. The normalized spacial score (nSPS) is 10.5. The molecule has 0 unspecified atom stereocenters. The molecule has 2 aromatic carbocycles. The van der Waals surface area contributed by atoms with Gasteiger partial charge in [0.25, 0.3) is 0 Å². The van der Waals surface area contributed by atoms with Crippen molar-refractivity contribution in [2.75, 3.05) is 0 Å². The fourth-order valence-corrected chi connectivity index (χ4v) is 2.71. The summed E-state index contributed by atoms with van der Waals surface area (Å²) in [4.78, 5) is 4.04. The Morgan fingerprint density at radius 1 is 0.818 bits per heavy atom. The van der Waals surface area contributed by atoms with Gasteiger partial charge in [-0.25, -0.2) is 4.98 Å². The van der Waals surface area contributed by atoms with Crippen LogP contribution >= 0.6 is 34.8 Å². The number of imidazole rings is 1. The molecule has 0 saturated carbocycles. The van der Waals surface area contributed by atoms with Crippen molar-refractivity contribution in [3.8, 4) is 0 Å². The lowest BCUT2D eigenvalue weighted by Crippen LogP contribution is -1.96. The molecule has 110 valence electrons. The van der Waals surface area contributed by atoms with Crippen LogP contribution in [-0.2, 0) is 0 Å².